The zero-order valence-corrected chi connectivity index (χ0v) is 21.6. The Morgan fingerprint density at radius 3 is 2.26 bits per heavy atom. The van der Waals surface area contributed by atoms with Gasteiger partial charge >= 0.3 is 6.36 Å². The Hall–Kier alpha value is -4.20. The quantitative estimate of drug-likeness (QED) is 0.274. The van der Waals surface area contributed by atoms with Crippen molar-refractivity contribution in [3.63, 3.8) is 0 Å². The molecule has 1 fully saturated rings. The van der Waals surface area contributed by atoms with Crippen molar-refractivity contribution in [2.24, 2.45) is 0 Å². The first kappa shape index (κ1) is 29.4. The number of nitrogens with zero attached hydrogens (tertiary/aromatic N) is 4. The van der Waals surface area contributed by atoms with Crippen LogP contribution in [0, 0.1) is 18.3 Å². The molecule has 0 aliphatic heterocycles. The smallest absolute Gasteiger partial charge is 0.406 e. The molecule has 1 saturated carbocycles. The van der Waals surface area contributed by atoms with Crippen molar-refractivity contribution in [1.29, 1.82) is 5.26 Å². The average molecular weight is 539 g/mol. The van der Waals surface area contributed by atoms with Gasteiger partial charge in [0, 0.05) is 30.0 Å². The molecule has 0 saturated heterocycles. The molecule has 0 amide bonds. The molecule has 0 radical (unpaired) electrons. The minimum atomic E-state index is -4.72. The van der Waals surface area contributed by atoms with Gasteiger partial charge in [0.2, 0.25) is 0 Å². The number of aryl methyl sites for hydroxylation is 1. The van der Waals surface area contributed by atoms with Crippen LogP contribution in [-0.2, 0) is 6.54 Å². The maximum Gasteiger partial charge on any atom is 0.573 e. The molecule has 1 aliphatic carbocycles. The molecular formula is C29H29F3N4O3. The van der Waals surface area contributed by atoms with E-state index in [1.165, 1.54) is 24.3 Å². The van der Waals surface area contributed by atoms with Crippen LogP contribution in [0.2, 0.25) is 0 Å². The summed E-state index contributed by atoms with van der Waals surface area (Å²) in [6, 6.07) is 18.9. The first-order valence-corrected chi connectivity index (χ1v) is 12.3. The van der Waals surface area contributed by atoms with Crippen LogP contribution in [0.15, 0.2) is 73.1 Å². The maximum absolute atomic E-state index is 12.2. The van der Waals surface area contributed by atoms with Crippen molar-refractivity contribution >= 4 is 16.6 Å². The summed E-state index contributed by atoms with van der Waals surface area (Å²) in [7, 11) is 0. The van der Waals surface area contributed by atoms with Crippen LogP contribution in [0.25, 0.3) is 10.8 Å². The second kappa shape index (κ2) is 13.6. The summed E-state index contributed by atoms with van der Waals surface area (Å²) in [6.07, 6.45) is 0.789. The van der Waals surface area contributed by atoms with Crippen molar-refractivity contribution in [1.82, 2.24) is 9.97 Å². The van der Waals surface area contributed by atoms with Crippen molar-refractivity contribution in [3.8, 4) is 11.8 Å². The molecule has 5 rings (SSSR count). The highest BCUT2D eigenvalue weighted by Crippen LogP contribution is 2.46. The maximum atomic E-state index is 12.2. The molecule has 7 nitrogen and oxygen atoms in total. The first-order chi connectivity index (χ1) is 18.6. The lowest BCUT2D eigenvalue weighted by molar-refractivity contribution is -0.274. The number of anilines is 1. The second-order valence-corrected chi connectivity index (χ2v) is 8.76. The number of ether oxygens (including phenoxy) is 1. The second-order valence-electron chi connectivity index (χ2n) is 8.76. The van der Waals surface area contributed by atoms with E-state index < -0.39 is 6.36 Å². The van der Waals surface area contributed by atoms with Gasteiger partial charge in [0.25, 0.3) is 0 Å². The van der Waals surface area contributed by atoms with Gasteiger partial charge in [0.1, 0.15) is 17.5 Å². The average Bonchev–Trinajstić information content (AvgIpc) is 3.75. The summed E-state index contributed by atoms with van der Waals surface area (Å²) in [5.41, 5.74) is 3.21. The van der Waals surface area contributed by atoms with Gasteiger partial charge in [-0.05, 0) is 67.3 Å². The van der Waals surface area contributed by atoms with Gasteiger partial charge in [-0.2, -0.15) is 5.26 Å². The van der Waals surface area contributed by atoms with Crippen molar-refractivity contribution in [2.45, 2.75) is 45.5 Å². The molecule has 0 bridgehead atoms. The van der Waals surface area contributed by atoms with Crippen LogP contribution in [0.1, 0.15) is 48.1 Å². The molecule has 2 heterocycles. The zero-order valence-electron chi connectivity index (χ0n) is 21.6. The predicted molar refractivity (Wildman–Crippen MR) is 141 cm³/mol. The van der Waals surface area contributed by atoms with E-state index >= 15 is 0 Å². The number of hydrogen-bond donors (Lipinski definition) is 2. The summed E-state index contributed by atoms with van der Waals surface area (Å²) in [5, 5.41) is 29.6. The highest BCUT2D eigenvalue weighted by atomic mass is 19.4. The topological polar surface area (TPSA) is 102 Å². The molecule has 2 aromatic heterocycles. The van der Waals surface area contributed by atoms with Crippen molar-refractivity contribution in [3.05, 3.63) is 95.4 Å². The molecule has 4 aromatic rings. The molecule has 2 aromatic carbocycles. The number of alkyl halides is 3. The number of nitriles is 1. The molecule has 0 atom stereocenters. The fraction of sp³-hybridized carbons (Fsp3) is 0.276. The van der Waals surface area contributed by atoms with Gasteiger partial charge in [-0.25, -0.2) is 15.0 Å². The van der Waals surface area contributed by atoms with E-state index in [1.54, 1.807) is 25.4 Å². The Kier molecular flexibility index (Phi) is 10.2. The van der Waals surface area contributed by atoms with Crippen molar-refractivity contribution in [2.75, 3.05) is 11.7 Å². The van der Waals surface area contributed by atoms with Crippen LogP contribution in [0.4, 0.5) is 19.0 Å². The third kappa shape index (κ3) is 8.95. The SMILES string of the molecule is CCO.Cc1ccc(C#N)nc1.ON(Cc1ccc(OC(F)(F)F)cc1)c1ncc2ccccc2c1C1CC1. The predicted octanol–water partition coefficient (Wildman–Crippen LogP) is 6.67. The lowest BCUT2D eigenvalue weighted by atomic mass is 10.0. The number of hydroxylamine groups is 1. The Balaban J connectivity index is 0.000000293. The van der Waals surface area contributed by atoms with Crippen LogP contribution in [0.3, 0.4) is 0 Å². The van der Waals surface area contributed by atoms with Crippen LogP contribution < -0.4 is 9.80 Å². The number of aromatic nitrogens is 2. The molecule has 0 unspecified atom stereocenters. The number of aliphatic hydroxyl groups is 1. The van der Waals surface area contributed by atoms with E-state index in [9.17, 15) is 18.4 Å². The Morgan fingerprint density at radius 1 is 1.03 bits per heavy atom. The number of benzene rings is 2. The lowest BCUT2D eigenvalue weighted by Crippen LogP contribution is -2.20. The summed E-state index contributed by atoms with van der Waals surface area (Å²) >= 11 is 0. The fourth-order valence-electron chi connectivity index (χ4n) is 3.73. The standard InChI is InChI=1S/C20H17F3N2O2.C7H6N2.C2H6O/c21-20(22,23)27-16-9-5-13(6-10-16)12-25(26)19-18(14-7-8-14)17-4-2-1-3-15(17)11-24-19;1-6-2-3-7(4-8)9-5-6;1-2-3/h1-6,9-11,14,26H,7-8,12H2;2-3,5H,1H3;3H,2H2,1H3. The zero-order chi connectivity index (χ0) is 28.4. The Labute approximate surface area is 224 Å². The largest absolute Gasteiger partial charge is 0.573 e. The minimum Gasteiger partial charge on any atom is -0.406 e. The van der Waals surface area contributed by atoms with Gasteiger partial charge in [0.05, 0.1) is 6.54 Å². The number of rotatable bonds is 5. The number of aliphatic hydroxyl groups excluding tert-OH is 1. The minimum absolute atomic E-state index is 0.108. The van der Waals surface area contributed by atoms with E-state index in [1.807, 2.05) is 43.3 Å². The molecule has 0 spiro atoms. The Morgan fingerprint density at radius 2 is 1.69 bits per heavy atom. The molecule has 204 valence electrons. The normalized spacial score (nSPS) is 12.4. The summed E-state index contributed by atoms with van der Waals surface area (Å²) in [5.74, 6) is 0.570. The van der Waals surface area contributed by atoms with Gasteiger partial charge < -0.3 is 9.84 Å². The van der Waals surface area contributed by atoms with Gasteiger partial charge in [-0.1, -0.05) is 42.5 Å². The van der Waals surface area contributed by atoms with E-state index in [0.29, 0.717) is 23.0 Å². The fourth-order valence-corrected chi connectivity index (χ4v) is 3.73. The molecule has 10 heteroatoms. The molecule has 39 heavy (non-hydrogen) atoms. The van der Waals surface area contributed by atoms with Gasteiger partial charge in [-0.3, -0.25) is 5.21 Å². The Bertz CT molecular complexity index is 1380. The highest BCUT2D eigenvalue weighted by molar-refractivity contribution is 5.89. The summed E-state index contributed by atoms with van der Waals surface area (Å²) in [4.78, 5) is 8.27. The van der Waals surface area contributed by atoms with Crippen LogP contribution in [-0.4, -0.2) is 33.3 Å². The molecule has 2 N–H and O–H groups in total. The number of halogens is 3. The molecule has 1 aliphatic rings. The monoisotopic (exact) mass is 538 g/mol. The summed E-state index contributed by atoms with van der Waals surface area (Å²) in [6.45, 7) is 3.98. The van der Waals surface area contributed by atoms with Crippen LogP contribution in [0.5, 0.6) is 5.75 Å². The van der Waals surface area contributed by atoms with E-state index in [4.69, 9.17) is 10.4 Å². The van der Waals surface area contributed by atoms with Crippen LogP contribution >= 0.6 is 0 Å². The third-order valence-corrected chi connectivity index (χ3v) is 5.56. The number of pyridine rings is 2. The van der Waals surface area contributed by atoms with Gasteiger partial charge in [0.15, 0.2) is 5.82 Å². The molecular weight excluding hydrogens is 509 g/mol. The number of fused-ring (bicyclic) bond motifs is 1. The third-order valence-electron chi connectivity index (χ3n) is 5.56. The van der Waals surface area contributed by atoms with Crippen molar-refractivity contribution < 1.29 is 28.2 Å². The number of hydrogen-bond acceptors (Lipinski definition) is 7. The summed E-state index contributed by atoms with van der Waals surface area (Å²) < 4.78 is 40.6. The van der Waals surface area contributed by atoms with E-state index in [-0.39, 0.29) is 18.9 Å². The first-order valence-electron chi connectivity index (χ1n) is 12.3. The van der Waals surface area contributed by atoms with Gasteiger partial charge in [-0.15, -0.1) is 13.2 Å². The lowest BCUT2D eigenvalue weighted by Gasteiger charge is -2.21. The highest BCUT2D eigenvalue weighted by Gasteiger charge is 2.32. The van der Waals surface area contributed by atoms with E-state index in [0.717, 1.165) is 39.8 Å². The van der Waals surface area contributed by atoms with E-state index in [2.05, 4.69) is 14.7 Å².